The predicted molar refractivity (Wildman–Crippen MR) is 79.8 cm³/mol. The average molecular weight is 295 g/mol. The Balaban J connectivity index is 1.84. The summed E-state index contributed by atoms with van der Waals surface area (Å²) in [4.78, 5) is 12.3. The van der Waals surface area contributed by atoms with Gasteiger partial charge in [0.25, 0.3) is 0 Å². The molecule has 0 unspecified atom stereocenters. The summed E-state index contributed by atoms with van der Waals surface area (Å²) in [6.45, 7) is 1.85. The topological polar surface area (TPSA) is 55.0 Å². The maximum Gasteiger partial charge on any atom is 0.225 e. The van der Waals surface area contributed by atoms with E-state index in [9.17, 15) is 0 Å². The number of aromatic nitrogens is 2. The number of piperidine rings is 1. The summed E-state index contributed by atoms with van der Waals surface area (Å²) >= 11 is 7.50. The van der Waals surface area contributed by atoms with Crippen LogP contribution in [0.1, 0.15) is 12.8 Å². The Hall–Kier alpha value is -1.17. The Morgan fingerprint density at radius 3 is 2.74 bits per heavy atom. The molecule has 1 saturated heterocycles. The minimum Gasteiger partial charge on any atom is -0.341 e. The van der Waals surface area contributed by atoms with Gasteiger partial charge in [0.1, 0.15) is 0 Å². The third kappa shape index (κ3) is 2.88. The second-order valence-corrected chi connectivity index (χ2v) is 6.39. The molecule has 1 fully saturated rings. The first kappa shape index (κ1) is 12.8. The largest absolute Gasteiger partial charge is 0.341 e. The lowest BCUT2D eigenvalue weighted by atomic mass is 10.1. The number of hydrogen-bond donors (Lipinski definition) is 1. The van der Waals surface area contributed by atoms with Crippen molar-refractivity contribution in [3.8, 4) is 10.6 Å². The first-order chi connectivity index (χ1) is 9.22. The third-order valence-electron chi connectivity index (χ3n) is 3.29. The first-order valence-electron chi connectivity index (χ1n) is 6.31. The summed E-state index contributed by atoms with van der Waals surface area (Å²) < 4.78 is 0.777. The zero-order valence-corrected chi connectivity index (χ0v) is 12.0. The van der Waals surface area contributed by atoms with Crippen LogP contribution in [0.4, 0.5) is 5.95 Å². The third-order valence-corrected chi connectivity index (χ3v) is 4.54. The second kappa shape index (κ2) is 5.45. The molecule has 0 atom stereocenters. The van der Waals surface area contributed by atoms with Gasteiger partial charge in [-0.05, 0) is 31.0 Å². The van der Waals surface area contributed by atoms with Crippen molar-refractivity contribution in [2.75, 3.05) is 18.0 Å². The predicted octanol–water partition coefficient (Wildman–Crippen LogP) is 2.79. The maximum absolute atomic E-state index is 5.97. The molecule has 4 nitrogen and oxygen atoms in total. The van der Waals surface area contributed by atoms with E-state index >= 15 is 0 Å². The van der Waals surface area contributed by atoms with Crippen molar-refractivity contribution in [2.24, 2.45) is 5.73 Å². The van der Waals surface area contributed by atoms with E-state index < -0.39 is 0 Å². The van der Waals surface area contributed by atoms with Crippen LogP contribution in [0, 0.1) is 0 Å². The van der Waals surface area contributed by atoms with Gasteiger partial charge in [0.15, 0.2) is 0 Å². The van der Waals surface area contributed by atoms with Crippen molar-refractivity contribution in [3.05, 3.63) is 28.7 Å². The molecule has 1 aliphatic rings. The van der Waals surface area contributed by atoms with Crippen LogP contribution in [0.2, 0.25) is 4.34 Å². The van der Waals surface area contributed by atoms with E-state index in [1.807, 2.05) is 18.2 Å². The number of thiophene rings is 1. The number of halogens is 1. The minimum absolute atomic E-state index is 0.315. The summed E-state index contributed by atoms with van der Waals surface area (Å²) in [6.07, 6.45) is 3.80. The van der Waals surface area contributed by atoms with Crippen LogP contribution in [0.25, 0.3) is 10.6 Å². The maximum atomic E-state index is 5.97. The number of rotatable bonds is 2. The number of nitrogens with two attached hydrogens (primary N) is 1. The monoisotopic (exact) mass is 294 g/mol. The molecular formula is C13H15ClN4S. The Bertz CT molecular complexity index is 563. The van der Waals surface area contributed by atoms with E-state index in [1.165, 1.54) is 11.3 Å². The lowest BCUT2D eigenvalue weighted by molar-refractivity contribution is 0.495. The molecule has 2 aromatic rings. The average Bonchev–Trinajstić information content (AvgIpc) is 2.86. The van der Waals surface area contributed by atoms with E-state index in [-0.39, 0.29) is 0 Å². The van der Waals surface area contributed by atoms with Gasteiger partial charge in [-0.25, -0.2) is 9.97 Å². The van der Waals surface area contributed by atoms with E-state index in [0.29, 0.717) is 6.04 Å². The lowest BCUT2D eigenvalue weighted by Crippen LogP contribution is -2.40. The van der Waals surface area contributed by atoms with Gasteiger partial charge in [-0.15, -0.1) is 11.3 Å². The molecule has 3 heterocycles. The molecule has 100 valence electrons. The highest BCUT2D eigenvalue weighted by Gasteiger charge is 2.18. The van der Waals surface area contributed by atoms with Crippen molar-refractivity contribution in [3.63, 3.8) is 0 Å². The summed E-state index contributed by atoms with van der Waals surface area (Å²) in [5.41, 5.74) is 6.85. The molecule has 2 N–H and O–H groups in total. The zero-order valence-electron chi connectivity index (χ0n) is 10.4. The standard InChI is InChI=1S/C13H15ClN4S/c14-12-2-1-11(19-12)10-3-6-16-13(17-10)18-7-4-9(15)5-8-18/h1-3,6,9H,4-5,7-8,15H2. The molecule has 3 rings (SSSR count). The zero-order chi connectivity index (χ0) is 13.2. The molecular weight excluding hydrogens is 280 g/mol. The molecule has 0 amide bonds. The van der Waals surface area contributed by atoms with Crippen LogP contribution < -0.4 is 10.6 Å². The van der Waals surface area contributed by atoms with Crippen molar-refractivity contribution >= 4 is 28.9 Å². The van der Waals surface area contributed by atoms with E-state index in [4.69, 9.17) is 17.3 Å². The summed E-state index contributed by atoms with van der Waals surface area (Å²) in [5, 5.41) is 0. The van der Waals surface area contributed by atoms with Crippen LogP contribution >= 0.6 is 22.9 Å². The minimum atomic E-state index is 0.315. The highest BCUT2D eigenvalue weighted by Crippen LogP contribution is 2.30. The Labute approximate surface area is 121 Å². The smallest absolute Gasteiger partial charge is 0.225 e. The Morgan fingerprint density at radius 2 is 2.05 bits per heavy atom. The number of hydrogen-bond acceptors (Lipinski definition) is 5. The molecule has 0 radical (unpaired) electrons. The summed E-state index contributed by atoms with van der Waals surface area (Å²) in [7, 11) is 0. The molecule has 0 bridgehead atoms. The molecule has 0 spiro atoms. The van der Waals surface area contributed by atoms with Gasteiger partial charge in [0.2, 0.25) is 5.95 Å². The van der Waals surface area contributed by atoms with Crippen molar-refractivity contribution in [1.29, 1.82) is 0 Å². The van der Waals surface area contributed by atoms with E-state index in [1.54, 1.807) is 6.20 Å². The van der Waals surface area contributed by atoms with E-state index in [0.717, 1.165) is 46.8 Å². The van der Waals surface area contributed by atoms with Crippen molar-refractivity contribution < 1.29 is 0 Å². The number of anilines is 1. The molecule has 0 aliphatic carbocycles. The second-order valence-electron chi connectivity index (χ2n) is 4.67. The molecule has 2 aromatic heterocycles. The SMILES string of the molecule is NC1CCN(c2nccc(-c3ccc(Cl)s3)n2)CC1. The molecule has 1 aliphatic heterocycles. The van der Waals surface area contributed by atoms with Gasteiger partial charge in [-0.2, -0.15) is 0 Å². The van der Waals surface area contributed by atoms with Gasteiger partial charge in [-0.1, -0.05) is 11.6 Å². The Morgan fingerprint density at radius 1 is 1.26 bits per heavy atom. The normalized spacial score (nSPS) is 16.8. The Kier molecular flexibility index (Phi) is 3.68. The molecule has 6 heteroatoms. The fraction of sp³-hybridized carbons (Fsp3) is 0.385. The lowest BCUT2D eigenvalue weighted by Gasteiger charge is -2.30. The first-order valence-corrected chi connectivity index (χ1v) is 7.51. The van der Waals surface area contributed by atoms with Gasteiger partial charge in [-0.3, -0.25) is 0 Å². The fourth-order valence-corrected chi connectivity index (χ4v) is 3.20. The van der Waals surface area contributed by atoms with Crippen LogP contribution in [0.5, 0.6) is 0 Å². The van der Waals surface area contributed by atoms with Gasteiger partial charge >= 0.3 is 0 Å². The molecule has 19 heavy (non-hydrogen) atoms. The highest BCUT2D eigenvalue weighted by atomic mass is 35.5. The summed E-state index contributed by atoms with van der Waals surface area (Å²) in [6, 6.07) is 6.12. The summed E-state index contributed by atoms with van der Waals surface area (Å²) in [5.74, 6) is 0.786. The van der Waals surface area contributed by atoms with Crippen molar-refractivity contribution in [1.82, 2.24) is 9.97 Å². The van der Waals surface area contributed by atoms with Crippen LogP contribution in [-0.2, 0) is 0 Å². The van der Waals surface area contributed by atoms with Gasteiger partial charge in [0, 0.05) is 25.3 Å². The van der Waals surface area contributed by atoms with E-state index in [2.05, 4.69) is 14.9 Å². The molecule has 0 saturated carbocycles. The van der Waals surface area contributed by atoms with Gasteiger partial charge < -0.3 is 10.6 Å². The van der Waals surface area contributed by atoms with Crippen LogP contribution in [0.3, 0.4) is 0 Å². The highest BCUT2D eigenvalue weighted by molar-refractivity contribution is 7.19. The number of nitrogens with zero attached hydrogens (tertiary/aromatic N) is 3. The quantitative estimate of drug-likeness (QED) is 0.925. The molecule has 0 aromatic carbocycles. The van der Waals surface area contributed by atoms with Crippen molar-refractivity contribution in [2.45, 2.75) is 18.9 Å². The van der Waals surface area contributed by atoms with Crippen LogP contribution in [0.15, 0.2) is 24.4 Å². The van der Waals surface area contributed by atoms with Crippen LogP contribution in [-0.4, -0.2) is 29.1 Å². The van der Waals surface area contributed by atoms with Gasteiger partial charge in [0.05, 0.1) is 14.9 Å². The fourth-order valence-electron chi connectivity index (χ4n) is 2.19.